The molecule has 2 heterocycles. The monoisotopic (exact) mass is 241 g/mol. The van der Waals surface area contributed by atoms with Crippen molar-refractivity contribution in [2.45, 2.75) is 6.04 Å². The summed E-state index contributed by atoms with van der Waals surface area (Å²) >= 11 is 0. The first kappa shape index (κ1) is 10.8. The maximum Gasteiger partial charge on any atom is 0.345 e. The zero-order valence-corrected chi connectivity index (χ0v) is 9.58. The highest BCUT2D eigenvalue weighted by molar-refractivity contribution is 6.00. The number of carbonyl (C=O) groups is 1. The van der Waals surface area contributed by atoms with Crippen LogP contribution in [-0.2, 0) is 9.53 Å². The van der Waals surface area contributed by atoms with Crippen LogP contribution in [0.25, 0.3) is 0 Å². The summed E-state index contributed by atoms with van der Waals surface area (Å²) in [5.74, 6) is 0.303. The normalized spacial score (nSPS) is 26.3. The first-order chi connectivity index (χ1) is 8.75. The summed E-state index contributed by atoms with van der Waals surface area (Å²) in [7, 11) is 0. The number of hydrogen-bond donors (Lipinski definition) is 0. The minimum Gasteiger partial charge on any atom is -0.466 e. The van der Waals surface area contributed by atoms with Crippen molar-refractivity contribution < 1.29 is 13.9 Å². The number of esters is 1. The third-order valence-electron chi connectivity index (χ3n) is 2.89. The molecule has 0 saturated heterocycles. The van der Waals surface area contributed by atoms with E-state index in [9.17, 15) is 4.79 Å². The second-order valence-electron chi connectivity index (χ2n) is 4.10. The van der Waals surface area contributed by atoms with E-state index in [4.69, 9.17) is 9.15 Å². The Kier molecular flexibility index (Phi) is 2.48. The lowest BCUT2D eigenvalue weighted by Gasteiger charge is -2.13. The smallest absolute Gasteiger partial charge is 0.345 e. The van der Waals surface area contributed by atoms with Crippen molar-refractivity contribution in [3.05, 3.63) is 60.6 Å². The number of nitrogens with zero attached hydrogens (tertiary/aromatic N) is 1. The highest BCUT2D eigenvalue weighted by atomic mass is 16.6. The SMILES string of the molecule is C=C1C=CC=CC1C1=NC(c2ccco2)C(=O)O1. The van der Waals surface area contributed by atoms with Crippen molar-refractivity contribution >= 4 is 11.9 Å². The van der Waals surface area contributed by atoms with Gasteiger partial charge in [0.15, 0.2) is 0 Å². The van der Waals surface area contributed by atoms with E-state index < -0.39 is 12.0 Å². The Balaban J connectivity index is 1.89. The maximum absolute atomic E-state index is 11.8. The van der Waals surface area contributed by atoms with Gasteiger partial charge >= 0.3 is 5.97 Å². The Morgan fingerprint density at radius 1 is 1.33 bits per heavy atom. The molecule has 0 bridgehead atoms. The average Bonchev–Trinajstić information content (AvgIpc) is 2.98. The number of allylic oxidation sites excluding steroid dienone is 3. The Hall–Kier alpha value is -2.36. The Labute approximate surface area is 104 Å². The minimum atomic E-state index is -0.692. The highest BCUT2D eigenvalue weighted by Gasteiger charge is 2.35. The quantitative estimate of drug-likeness (QED) is 0.748. The van der Waals surface area contributed by atoms with Crippen LogP contribution in [0.15, 0.2) is 64.3 Å². The van der Waals surface area contributed by atoms with Gasteiger partial charge in [0.2, 0.25) is 11.9 Å². The molecule has 90 valence electrons. The molecule has 1 aliphatic heterocycles. The lowest BCUT2D eigenvalue weighted by Crippen LogP contribution is -2.17. The van der Waals surface area contributed by atoms with Gasteiger partial charge in [0.05, 0.1) is 12.2 Å². The Bertz CT molecular complexity index is 578. The maximum atomic E-state index is 11.8. The molecule has 1 aliphatic carbocycles. The fourth-order valence-corrected chi connectivity index (χ4v) is 1.96. The molecule has 0 amide bonds. The van der Waals surface area contributed by atoms with E-state index in [-0.39, 0.29) is 5.92 Å². The molecule has 0 spiro atoms. The molecule has 2 unspecified atom stereocenters. The van der Waals surface area contributed by atoms with Gasteiger partial charge in [-0.3, -0.25) is 0 Å². The number of rotatable bonds is 2. The molecule has 1 aromatic heterocycles. The molecule has 18 heavy (non-hydrogen) atoms. The van der Waals surface area contributed by atoms with E-state index in [1.807, 2.05) is 24.3 Å². The van der Waals surface area contributed by atoms with Crippen LogP contribution in [0.5, 0.6) is 0 Å². The molecule has 4 nitrogen and oxygen atoms in total. The standard InChI is InChI=1S/C14H11NO3/c1-9-5-2-3-6-10(9)13-15-12(14(16)18-13)11-7-4-8-17-11/h2-8,10,12H,1H2. The summed E-state index contributed by atoms with van der Waals surface area (Å²) in [6.45, 7) is 3.92. The van der Waals surface area contributed by atoms with Gasteiger partial charge in [0.1, 0.15) is 5.76 Å². The van der Waals surface area contributed by atoms with Crippen LogP contribution in [0.1, 0.15) is 11.8 Å². The molecule has 0 radical (unpaired) electrons. The fraction of sp³-hybridized carbons (Fsp3) is 0.143. The van der Waals surface area contributed by atoms with Crippen molar-refractivity contribution in [2.24, 2.45) is 10.9 Å². The minimum absolute atomic E-state index is 0.168. The van der Waals surface area contributed by atoms with E-state index in [2.05, 4.69) is 11.6 Å². The molecule has 0 saturated carbocycles. The number of ether oxygens (including phenoxy) is 1. The van der Waals surface area contributed by atoms with E-state index in [1.54, 1.807) is 12.1 Å². The highest BCUT2D eigenvalue weighted by Crippen LogP contribution is 2.30. The van der Waals surface area contributed by atoms with Gasteiger partial charge in [-0.05, 0) is 17.7 Å². The molecule has 2 atom stereocenters. The molecule has 3 rings (SSSR count). The van der Waals surface area contributed by atoms with Gasteiger partial charge in [-0.1, -0.05) is 30.9 Å². The first-order valence-corrected chi connectivity index (χ1v) is 5.62. The van der Waals surface area contributed by atoms with Crippen molar-refractivity contribution in [3.63, 3.8) is 0 Å². The lowest BCUT2D eigenvalue weighted by molar-refractivity contribution is -0.135. The number of hydrogen-bond acceptors (Lipinski definition) is 4. The third-order valence-corrected chi connectivity index (χ3v) is 2.89. The molecular weight excluding hydrogens is 230 g/mol. The molecule has 0 N–H and O–H groups in total. The summed E-state index contributed by atoms with van der Waals surface area (Å²) in [5.41, 5.74) is 0.851. The van der Waals surface area contributed by atoms with Gasteiger partial charge in [-0.2, -0.15) is 0 Å². The fourth-order valence-electron chi connectivity index (χ4n) is 1.96. The van der Waals surface area contributed by atoms with Crippen LogP contribution in [0.2, 0.25) is 0 Å². The van der Waals surface area contributed by atoms with E-state index in [0.29, 0.717) is 11.7 Å². The molecular formula is C14H11NO3. The van der Waals surface area contributed by atoms with Gasteiger partial charge in [0, 0.05) is 0 Å². The third kappa shape index (κ3) is 1.72. The van der Waals surface area contributed by atoms with E-state index in [1.165, 1.54) is 6.26 Å². The number of furan rings is 1. The summed E-state index contributed by atoms with van der Waals surface area (Å²) in [6, 6.07) is 2.74. The summed E-state index contributed by atoms with van der Waals surface area (Å²) in [6.07, 6.45) is 9.06. The predicted molar refractivity (Wildman–Crippen MR) is 65.9 cm³/mol. The van der Waals surface area contributed by atoms with Crippen LogP contribution < -0.4 is 0 Å². The lowest BCUT2D eigenvalue weighted by atomic mass is 9.96. The first-order valence-electron chi connectivity index (χ1n) is 5.62. The second kappa shape index (κ2) is 4.14. The van der Waals surface area contributed by atoms with E-state index >= 15 is 0 Å². The predicted octanol–water partition coefficient (Wildman–Crippen LogP) is 2.57. The molecule has 0 fully saturated rings. The summed E-state index contributed by atoms with van der Waals surface area (Å²) < 4.78 is 10.4. The Morgan fingerprint density at radius 2 is 2.22 bits per heavy atom. The molecule has 2 aliphatic rings. The van der Waals surface area contributed by atoms with Crippen LogP contribution in [0.4, 0.5) is 0 Å². The topological polar surface area (TPSA) is 51.8 Å². The van der Waals surface area contributed by atoms with Gasteiger partial charge in [-0.25, -0.2) is 9.79 Å². The van der Waals surface area contributed by atoms with Crippen molar-refractivity contribution in [2.75, 3.05) is 0 Å². The van der Waals surface area contributed by atoms with Crippen molar-refractivity contribution in [1.82, 2.24) is 0 Å². The summed E-state index contributed by atoms with van der Waals surface area (Å²) in [5, 5.41) is 0. The summed E-state index contributed by atoms with van der Waals surface area (Å²) in [4.78, 5) is 16.1. The molecule has 0 aromatic carbocycles. The zero-order chi connectivity index (χ0) is 12.5. The van der Waals surface area contributed by atoms with Gasteiger partial charge in [0.25, 0.3) is 0 Å². The Morgan fingerprint density at radius 3 is 2.94 bits per heavy atom. The zero-order valence-electron chi connectivity index (χ0n) is 9.58. The molecule has 4 heteroatoms. The van der Waals surface area contributed by atoms with Crippen molar-refractivity contribution in [1.29, 1.82) is 0 Å². The van der Waals surface area contributed by atoms with Crippen molar-refractivity contribution in [3.8, 4) is 0 Å². The number of cyclic esters (lactones) is 1. The van der Waals surface area contributed by atoms with Gasteiger partial charge in [-0.15, -0.1) is 0 Å². The van der Waals surface area contributed by atoms with E-state index in [0.717, 1.165) is 5.57 Å². The van der Waals surface area contributed by atoms with Crippen LogP contribution in [0, 0.1) is 5.92 Å². The molecule has 1 aromatic rings. The van der Waals surface area contributed by atoms with Crippen LogP contribution in [0.3, 0.4) is 0 Å². The number of aliphatic imine (C=N–C) groups is 1. The van der Waals surface area contributed by atoms with Crippen LogP contribution in [-0.4, -0.2) is 11.9 Å². The second-order valence-corrected chi connectivity index (χ2v) is 4.10. The van der Waals surface area contributed by atoms with Gasteiger partial charge < -0.3 is 9.15 Å². The van der Waals surface area contributed by atoms with Crippen LogP contribution >= 0.6 is 0 Å². The average molecular weight is 241 g/mol. The number of carbonyl (C=O) groups excluding carboxylic acids is 1. The largest absolute Gasteiger partial charge is 0.466 e.